The smallest absolute Gasteiger partial charge is 0.268 e. The molecule has 0 aliphatic carbocycles. The molecular weight excluding hydrogens is 427 g/mol. The molecule has 0 bridgehead atoms. The van der Waals surface area contributed by atoms with Gasteiger partial charge < -0.3 is 9.73 Å². The summed E-state index contributed by atoms with van der Waals surface area (Å²) >= 11 is 1.10. The maximum absolute atomic E-state index is 14.2. The molecule has 0 spiro atoms. The van der Waals surface area contributed by atoms with E-state index in [2.05, 4.69) is 10.3 Å². The molecule has 0 saturated heterocycles. The molecule has 0 fully saturated rings. The van der Waals surface area contributed by atoms with E-state index in [1.165, 1.54) is 6.26 Å². The maximum Gasteiger partial charge on any atom is 0.268 e. The van der Waals surface area contributed by atoms with E-state index in [9.17, 15) is 17.6 Å². The first-order chi connectivity index (χ1) is 14.3. The van der Waals surface area contributed by atoms with Crippen molar-refractivity contribution >= 4 is 32.8 Å². The second kappa shape index (κ2) is 7.85. The van der Waals surface area contributed by atoms with Crippen LogP contribution in [0.5, 0.6) is 0 Å². The van der Waals surface area contributed by atoms with Gasteiger partial charge in [-0.2, -0.15) is 0 Å². The number of aromatic nitrogens is 1. The van der Waals surface area contributed by atoms with E-state index in [-0.39, 0.29) is 15.5 Å². The van der Waals surface area contributed by atoms with E-state index < -0.39 is 21.6 Å². The predicted molar refractivity (Wildman–Crippen MR) is 113 cm³/mol. The van der Waals surface area contributed by atoms with Crippen LogP contribution in [0.25, 0.3) is 22.0 Å². The number of benzene rings is 2. The second-order valence-electron chi connectivity index (χ2n) is 6.41. The molecule has 4 rings (SSSR count). The summed E-state index contributed by atoms with van der Waals surface area (Å²) in [6, 6.07) is 15.8. The van der Waals surface area contributed by atoms with Crippen LogP contribution in [0.3, 0.4) is 0 Å². The van der Waals surface area contributed by atoms with Crippen LogP contribution < -0.4 is 5.32 Å². The summed E-state index contributed by atoms with van der Waals surface area (Å²) in [6.07, 6.45) is 2.52. The van der Waals surface area contributed by atoms with Crippen molar-refractivity contribution in [2.24, 2.45) is 0 Å². The summed E-state index contributed by atoms with van der Waals surface area (Å²) in [7, 11) is -3.56. The quantitative estimate of drug-likeness (QED) is 0.446. The van der Waals surface area contributed by atoms with Gasteiger partial charge in [0.25, 0.3) is 5.91 Å². The molecule has 0 atom stereocenters. The summed E-state index contributed by atoms with van der Waals surface area (Å²) in [6.45, 7) is 0. The van der Waals surface area contributed by atoms with Gasteiger partial charge in [0.05, 0.1) is 22.5 Å². The number of furan rings is 1. The fourth-order valence-corrected chi connectivity index (χ4v) is 4.38. The number of nitrogens with one attached hydrogen (secondary N) is 1. The van der Waals surface area contributed by atoms with Crippen molar-refractivity contribution in [3.8, 4) is 22.0 Å². The Morgan fingerprint density at radius 3 is 2.53 bits per heavy atom. The van der Waals surface area contributed by atoms with Gasteiger partial charge in [-0.05, 0) is 30.3 Å². The number of anilines is 1. The normalized spacial score (nSPS) is 11.4. The van der Waals surface area contributed by atoms with Gasteiger partial charge in [0.1, 0.15) is 10.7 Å². The largest absolute Gasteiger partial charge is 0.462 e. The van der Waals surface area contributed by atoms with Crippen LogP contribution >= 0.6 is 11.3 Å². The van der Waals surface area contributed by atoms with Crippen molar-refractivity contribution in [3.63, 3.8) is 0 Å². The lowest BCUT2D eigenvalue weighted by Crippen LogP contribution is -2.13. The van der Waals surface area contributed by atoms with E-state index in [4.69, 9.17) is 4.42 Å². The highest BCUT2D eigenvalue weighted by Gasteiger charge is 2.22. The summed E-state index contributed by atoms with van der Waals surface area (Å²) < 4.78 is 43.2. The minimum absolute atomic E-state index is 0.0944. The number of nitrogens with zero attached hydrogens (tertiary/aromatic N) is 1. The SMILES string of the molecule is CS(=O)(=O)c1ccc(F)c(NC(=O)c2sc(-c3ccco3)nc2-c2ccccc2)c1. The minimum Gasteiger partial charge on any atom is -0.462 e. The summed E-state index contributed by atoms with van der Waals surface area (Å²) in [5, 5.41) is 2.96. The highest BCUT2D eigenvalue weighted by Crippen LogP contribution is 2.35. The van der Waals surface area contributed by atoms with Gasteiger partial charge in [-0.25, -0.2) is 17.8 Å². The van der Waals surface area contributed by atoms with Crippen molar-refractivity contribution in [2.75, 3.05) is 11.6 Å². The van der Waals surface area contributed by atoms with Crippen LogP contribution in [0.4, 0.5) is 10.1 Å². The Balaban J connectivity index is 1.76. The van der Waals surface area contributed by atoms with Crippen LogP contribution in [0.1, 0.15) is 9.67 Å². The van der Waals surface area contributed by atoms with E-state index in [1.54, 1.807) is 12.1 Å². The molecule has 6 nitrogen and oxygen atoms in total. The molecule has 0 unspecified atom stereocenters. The van der Waals surface area contributed by atoms with Crippen molar-refractivity contribution in [1.82, 2.24) is 4.98 Å². The molecule has 0 radical (unpaired) electrons. The van der Waals surface area contributed by atoms with Crippen LogP contribution in [-0.2, 0) is 9.84 Å². The van der Waals surface area contributed by atoms with Crippen molar-refractivity contribution < 1.29 is 22.0 Å². The zero-order chi connectivity index (χ0) is 21.3. The third kappa shape index (κ3) is 4.03. The Labute approximate surface area is 175 Å². The Morgan fingerprint density at radius 1 is 1.10 bits per heavy atom. The van der Waals surface area contributed by atoms with Gasteiger partial charge in [-0.15, -0.1) is 11.3 Å². The third-order valence-corrected chi connectivity index (χ3v) is 6.41. The topological polar surface area (TPSA) is 89.3 Å². The summed E-state index contributed by atoms with van der Waals surface area (Å²) in [4.78, 5) is 17.7. The lowest BCUT2D eigenvalue weighted by Gasteiger charge is -2.08. The van der Waals surface area contributed by atoms with Crippen LogP contribution in [-0.4, -0.2) is 25.6 Å². The average Bonchev–Trinajstić information content (AvgIpc) is 3.39. The van der Waals surface area contributed by atoms with Crippen molar-refractivity contribution in [1.29, 1.82) is 0 Å². The average molecular weight is 442 g/mol. The fourth-order valence-electron chi connectivity index (χ4n) is 2.78. The van der Waals surface area contributed by atoms with Gasteiger partial charge in [-0.1, -0.05) is 30.3 Å². The number of carbonyl (C=O) groups excluding carboxylic acids is 1. The fraction of sp³-hybridized carbons (Fsp3) is 0.0476. The maximum atomic E-state index is 14.2. The molecule has 0 aliphatic heterocycles. The molecule has 152 valence electrons. The van der Waals surface area contributed by atoms with Crippen LogP contribution in [0.2, 0.25) is 0 Å². The number of carbonyl (C=O) groups is 1. The van der Waals surface area contributed by atoms with Gasteiger partial charge in [-0.3, -0.25) is 4.79 Å². The first-order valence-electron chi connectivity index (χ1n) is 8.74. The zero-order valence-electron chi connectivity index (χ0n) is 15.6. The van der Waals surface area contributed by atoms with Crippen molar-refractivity contribution in [2.45, 2.75) is 4.90 Å². The summed E-state index contributed by atoms with van der Waals surface area (Å²) in [5.41, 5.74) is 0.904. The third-order valence-electron chi connectivity index (χ3n) is 4.23. The Hall–Kier alpha value is -3.30. The molecule has 1 N–H and O–H groups in total. The standard InChI is InChI=1S/C21H15FN2O4S2/c1-30(26,27)14-9-10-15(22)16(12-14)23-20(25)19-18(13-6-3-2-4-7-13)24-21(29-19)17-8-5-11-28-17/h2-12H,1H3,(H,23,25). The number of halogens is 1. The molecule has 2 aromatic carbocycles. The molecule has 2 heterocycles. The van der Waals surface area contributed by atoms with Gasteiger partial charge in [0.15, 0.2) is 20.6 Å². The number of amides is 1. The molecular formula is C21H15FN2O4S2. The molecule has 9 heteroatoms. The van der Waals surface area contributed by atoms with Crippen LogP contribution in [0.15, 0.2) is 76.2 Å². The van der Waals surface area contributed by atoms with Gasteiger partial charge in [0.2, 0.25) is 0 Å². The summed E-state index contributed by atoms with van der Waals surface area (Å²) in [5.74, 6) is -0.844. The van der Waals surface area contributed by atoms with E-state index in [0.29, 0.717) is 22.0 Å². The van der Waals surface area contributed by atoms with E-state index in [0.717, 1.165) is 35.8 Å². The molecule has 0 saturated carbocycles. The van der Waals surface area contributed by atoms with Gasteiger partial charge in [0, 0.05) is 11.8 Å². The number of sulfone groups is 1. The first kappa shape index (κ1) is 20.0. The number of rotatable bonds is 5. The van der Waals surface area contributed by atoms with E-state index in [1.807, 2.05) is 30.3 Å². The number of hydrogen-bond donors (Lipinski definition) is 1. The van der Waals surface area contributed by atoms with Gasteiger partial charge >= 0.3 is 0 Å². The zero-order valence-corrected chi connectivity index (χ0v) is 17.3. The predicted octanol–water partition coefficient (Wildman–Crippen LogP) is 4.87. The van der Waals surface area contributed by atoms with E-state index >= 15 is 0 Å². The molecule has 2 aromatic heterocycles. The Bertz CT molecular complexity index is 1310. The first-order valence-corrected chi connectivity index (χ1v) is 11.4. The second-order valence-corrected chi connectivity index (χ2v) is 9.42. The Morgan fingerprint density at radius 2 is 1.87 bits per heavy atom. The van der Waals surface area contributed by atoms with Crippen LogP contribution in [0, 0.1) is 5.82 Å². The molecule has 4 aromatic rings. The lowest BCUT2D eigenvalue weighted by molar-refractivity contribution is 0.103. The lowest BCUT2D eigenvalue weighted by atomic mass is 10.1. The highest BCUT2D eigenvalue weighted by atomic mass is 32.2. The van der Waals surface area contributed by atoms with Crippen molar-refractivity contribution in [3.05, 3.63) is 77.6 Å². The highest BCUT2D eigenvalue weighted by molar-refractivity contribution is 7.90. The number of thiazole rings is 1. The Kier molecular flexibility index (Phi) is 5.23. The monoisotopic (exact) mass is 442 g/mol. The molecule has 1 amide bonds. The number of hydrogen-bond acceptors (Lipinski definition) is 6. The molecule has 0 aliphatic rings. The minimum atomic E-state index is -3.56. The molecule has 30 heavy (non-hydrogen) atoms.